The summed E-state index contributed by atoms with van der Waals surface area (Å²) in [7, 11) is 1.74. The molecule has 1 aromatic carbocycles. The van der Waals surface area contributed by atoms with E-state index >= 15 is 0 Å². The predicted molar refractivity (Wildman–Crippen MR) is 79.0 cm³/mol. The average Bonchev–Trinajstić information content (AvgIpc) is 2.38. The number of thioether (sulfide) groups is 1. The van der Waals surface area contributed by atoms with Crippen LogP contribution in [0.5, 0.6) is 0 Å². The SMILES string of the molecule is CNC1(C(=O)O)CCCC(Sc2cccc(Cl)c2)C1. The van der Waals surface area contributed by atoms with Crippen LogP contribution in [-0.4, -0.2) is 28.9 Å². The number of halogens is 1. The average molecular weight is 300 g/mol. The van der Waals surface area contributed by atoms with Crippen LogP contribution in [0, 0.1) is 0 Å². The Kier molecular flexibility index (Phi) is 4.76. The highest BCUT2D eigenvalue weighted by molar-refractivity contribution is 8.00. The molecule has 1 aliphatic carbocycles. The molecule has 104 valence electrons. The second-order valence-electron chi connectivity index (χ2n) is 4.93. The lowest BCUT2D eigenvalue weighted by Gasteiger charge is -2.37. The van der Waals surface area contributed by atoms with E-state index in [9.17, 15) is 9.90 Å². The van der Waals surface area contributed by atoms with Gasteiger partial charge >= 0.3 is 5.97 Å². The molecular weight excluding hydrogens is 282 g/mol. The number of carboxylic acid groups (broad SMARTS) is 1. The summed E-state index contributed by atoms with van der Waals surface area (Å²) in [6.07, 6.45) is 3.33. The molecule has 1 fully saturated rings. The zero-order valence-corrected chi connectivity index (χ0v) is 12.4. The lowest BCUT2D eigenvalue weighted by atomic mass is 9.81. The molecule has 3 nitrogen and oxygen atoms in total. The van der Waals surface area contributed by atoms with Crippen LogP contribution >= 0.6 is 23.4 Å². The van der Waals surface area contributed by atoms with Crippen molar-refractivity contribution >= 4 is 29.3 Å². The van der Waals surface area contributed by atoms with Crippen molar-refractivity contribution in [3.8, 4) is 0 Å². The summed E-state index contributed by atoms with van der Waals surface area (Å²) in [5.74, 6) is -0.744. The van der Waals surface area contributed by atoms with Gasteiger partial charge in [0, 0.05) is 15.2 Å². The molecule has 1 aromatic rings. The molecule has 0 radical (unpaired) electrons. The molecule has 1 aliphatic rings. The van der Waals surface area contributed by atoms with Gasteiger partial charge < -0.3 is 10.4 Å². The molecule has 19 heavy (non-hydrogen) atoms. The van der Waals surface area contributed by atoms with E-state index in [1.54, 1.807) is 18.8 Å². The fourth-order valence-electron chi connectivity index (χ4n) is 2.59. The van der Waals surface area contributed by atoms with Crippen molar-refractivity contribution < 1.29 is 9.90 Å². The first kappa shape index (κ1) is 14.7. The fourth-order valence-corrected chi connectivity index (χ4v) is 4.23. The van der Waals surface area contributed by atoms with E-state index in [0.29, 0.717) is 18.1 Å². The van der Waals surface area contributed by atoms with Gasteiger partial charge in [-0.3, -0.25) is 4.79 Å². The number of carboxylic acids is 1. The van der Waals surface area contributed by atoms with Gasteiger partial charge in [0.2, 0.25) is 0 Å². The normalized spacial score (nSPS) is 27.2. The van der Waals surface area contributed by atoms with Gasteiger partial charge in [-0.15, -0.1) is 11.8 Å². The Hall–Kier alpha value is -0.710. The monoisotopic (exact) mass is 299 g/mol. The van der Waals surface area contributed by atoms with Gasteiger partial charge in [-0.05, 0) is 50.9 Å². The van der Waals surface area contributed by atoms with Crippen LogP contribution in [0.4, 0.5) is 0 Å². The Morgan fingerprint density at radius 2 is 2.37 bits per heavy atom. The Bertz CT molecular complexity index is 469. The van der Waals surface area contributed by atoms with E-state index in [0.717, 1.165) is 22.8 Å². The first-order chi connectivity index (χ1) is 9.05. The molecule has 0 spiro atoms. The molecule has 0 heterocycles. The number of nitrogens with one attached hydrogen (secondary N) is 1. The summed E-state index contributed by atoms with van der Waals surface area (Å²) in [6.45, 7) is 0. The van der Waals surface area contributed by atoms with E-state index in [1.807, 2.05) is 24.3 Å². The molecule has 0 amide bonds. The van der Waals surface area contributed by atoms with Crippen molar-refractivity contribution in [1.29, 1.82) is 0 Å². The minimum atomic E-state index is -0.769. The van der Waals surface area contributed by atoms with Crippen molar-refractivity contribution in [3.05, 3.63) is 29.3 Å². The summed E-state index contributed by atoms with van der Waals surface area (Å²) in [5, 5.41) is 13.5. The number of hydrogen-bond donors (Lipinski definition) is 2. The third kappa shape index (κ3) is 3.44. The summed E-state index contributed by atoms with van der Waals surface area (Å²) in [4.78, 5) is 12.6. The molecule has 2 unspecified atom stereocenters. The molecule has 0 saturated heterocycles. The van der Waals surface area contributed by atoms with Gasteiger partial charge in [0.15, 0.2) is 0 Å². The summed E-state index contributed by atoms with van der Waals surface area (Å²) >= 11 is 7.70. The molecule has 2 rings (SSSR count). The number of aliphatic carboxylic acids is 1. The lowest BCUT2D eigenvalue weighted by molar-refractivity contribution is -0.146. The predicted octanol–water partition coefficient (Wildman–Crippen LogP) is 3.42. The van der Waals surface area contributed by atoms with E-state index in [2.05, 4.69) is 5.32 Å². The van der Waals surface area contributed by atoms with Crippen LogP contribution in [0.25, 0.3) is 0 Å². The molecule has 0 aliphatic heterocycles. The second kappa shape index (κ2) is 6.16. The van der Waals surface area contributed by atoms with Gasteiger partial charge in [0.25, 0.3) is 0 Å². The number of rotatable bonds is 4. The highest BCUT2D eigenvalue weighted by Gasteiger charge is 2.41. The van der Waals surface area contributed by atoms with Crippen LogP contribution in [0.15, 0.2) is 29.2 Å². The fraction of sp³-hybridized carbons (Fsp3) is 0.500. The minimum absolute atomic E-state index is 0.316. The Morgan fingerprint density at radius 3 is 3.00 bits per heavy atom. The molecular formula is C14H18ClNO2S. The maximum atomic E-state index is 11.5. The summed E-state index contributed by atoms with van der Waals surface area (Å²) < 4.78 is 0. The summed E-state index contributed by atoms with van der Waals surface area (Å²) in [5.41, 5.74) is -0.769. The molecule has 0 aromatic heterocycles. The molecule has 1 saturated carbocycles. The highest BCUT2D eigenvalue weighted by Crippen LogP contribution is 2.38. The van der Waals surface area contributed by atoms with Gasteiger partial charge in [0.1, 0.15) is 5.54 Å². The largest absolute Gasteiger partial charge is 0.480 e. The minimum Gasteiger partial charge on any atom is -0.480 e. The first-order valence-electron chi connectivity index (χ1n) is 6.40. The zero-order chi connectivity index (χ0) is 13.9. The van der Waals surface area contributed by atoms with Crippen LogP contribution in [0.1, 0.15) is 25.7 Å². The maximum absolute atomic E-state index is 11.5. The maximum Gasteiger partial charge on any atom is 0.323 e. The Balaban J connectivity index is 2.07. The molecule has 2 atom stereocenters. The third-order valence-electron chi connectivity index (χ3n) is 3.69. The van der Waals surface area contributed by atoms with Crippen molar-refractivity contribution in [2.45, 2.75) is 41.4 Å². The van der Waals surface area contributed by atoms with E-state index in [4.69, 9.17) is 11.6 Å². The van der Waals surface area contributed by atoms with Crippen molar-refractivity contribution in [1.82, 2.24) is 5.32 Å². The second-order valence-corrected chi connectivity index (χ2v) is 6.74. The van der Waals surface area contributed by atoms with E-state index in [-0.39, 0.29) is 0 Å². The quantitative estimate of drug-likeness (QED) is 0.894. The van der Waals surface area contributed by atoms with Crippen LogP contribution < -0.4 is 5.32 Å². The third-order valence-corrected chi connectivity index (χ3v) is 5.19. The van der Waals surface area contributed by atoms with Crippen LogP contribution in [0.3, 0.4) is 0 Å². The van der Waals surface area contributed by atoms with E-state index in [1.165, 1.54) is 0 Å². The Labute approximate surface area is 122 Å². The van der Waals surface area contributed by atoms with E-state index < -0.39 is 11.5 Å². The van der Waals surface area contributed by atoms with Gasteiger partial charge in [-0.2, -0.15) is 0 Å². The van der Waals surface area contributed by atoms with Crippen molar-refractivity contribution in [2.75, 3.05) is 7.05 Å². The van der Waals surface area contributed by atoms with Gasteiger partial charge in [-0.25, -0.2) is 0 Å². The summed E-state index contributed by atoms with van der Waals surface area (Å²) in [6, 6.07) is 7.73. The lowest BCUT2D eigenvalue weighted by Crippen LogP contribution is -2.53. The van der Waals surface area contributed by atoms with Gasteiger partial charge in [-0.1, -0.05) is 17.7 Å². The van der Waals surface area contributed by atoms with Crippen molar-refractivity contribution in [2.24, 2.45) is 0 Å². The first-order valence-corrected chi connectivity index (χ1v) is 7.66. The van der Waals surface area contributed by atoms with Gasteiger partial charge in [0.05, 0.1) is 0 Å². The topological polar surface area (TPSA) is 49.3 Å². The number of benzene rings is 1. The molecule has 0 bridgehead atoms. The smallest absolute Gasteiger partial charge is 0.323 e. The number of carbonyl (C=O) groups is 1. The number of hydrogen-bond acceptors (Lipinski definition) is 3. The Morgan fingerprint density at radius 1 is 1.58 bits per heavy atom. The standard InChI is InChI=1S/C14H18ClNO2S/c1-16-14(13(17)18)7-3-6-12(9-14)19-11-5-2-4-10(15)8-11/h2,4-5,8,12,16H,3,6-7,9H2,1H3,(H,17,18). The molecule has 2 N–H and O–H groups in total. The number of likely N-dealkylation sites (N-methyl/N-ethyl adjacent to an activating group) is 1. The zero-order valence-electron chi connectivity index (χ0n) is 10.9. The van der Waals surface area contributed by atoms with Crippen LogP contribution in [-0.2, 0) is 4.79 Å². The van der Waals surface area contributed by atoms with Crippen molar-refractivity contribution in [3.63, 3.8) is 0 Å². The molecule has 5 heteroatoms. The van der Waals surface area contributed by atoms with Crippen LogP contribution in [0.2, 0.25) is 5.02 Å². The highest BCUT2D eigenvalue weighted by atomic mass is 35.5.